The molecule has 2 heteroatoms. The van der Waals surface area contributed by atoms with E-state index >= 15 is 0 Å². The van der Waals surface area contributed by atoms with Gasteiger partial charge in [0.15, 0.2) is 0 Å². The maximum atomic E-state index is 3.70. The molecule has 0 amide bonds. The normalized spacial score (nSPS) is 19.9. The molecule has 1 aliphatic rings. The molecule has 0 aliphatic carbocycles. The standard InChI is InChI=1S/C14H20BrN/c1-9(2)4-12-7-13-11(8-16-12)5-10(3)6-14(13)15/h5-6,9,12,16H,4,7-8H2,1-3H3. The Morgan fingerprint density at radius 1 is 1.44 bits per heavy atom. The average Bonchev–Trinajstić information content (AvgIpc) is 2.18. The van der Waals surface area contributed by atoms with E-state index in [1.807, 2.05) is 0 Å². The van der Waals surface area contributed by atoms with Gasteiger partial charge >= 0.3 is 0 Å². The summed E-state index contributed by atoms with van der Waals surface area (Å²) >= 11 is 3.70. The summed E-state index contributed by atoms with van der Waals surface area (Å²) < 4.78 is 1.29. The van der Waals surface area contributed by atoms with Gasteiger partial charge in [0.05, 0.1) is 0 Å². The van der Waals surface area contributed by atoms with Crippen molar-refractivity contribution in [3.8, 4) is 0 Å². The molecule has 0 saturated carbocycles. The molecule has 1 aliphatic heterocycles. The summed E-state index contributed by atoms with van der Waals surface area (Å²) in [5.74, 6) is 0.767. The molecule has 1 aromatic rings. The van der Waals surface area contributed by atoms with Crippen molar-refractivity contribution in [2.75, 3.05) is 0 Å². The van der Waals surface area contributed by atoms with Crippen molar-refractivity contribution in [1.82, 2.24) is 5.32 Å². The van der Waals surface area contributed by atoms with Gasteiger partial charge in [-0.05, 0) is 48.4 Å². The third-order valence-corrected chi connectivity index (χ3v) is 3.93. The number of hydrogen-bond acceptors (Lipinski definition) is 1. The Bertz CT molecular complexity index is 385. The minimum Gasteiger partial charge on any atom is -0.310 e. The van der Waals surface area contributed by atoms with Crippen molar-refractivity contribution in [3.63, 3.8) is 0 Å². The Kier molecular flexibility index (Phi) is 3.70. The molecule has 1 atom stereocenters. The van der Waals surface area contributed by atoms with E-state index in [0.717, 1.165) is 18.9 Å². The van der Waals surface area contributed by atoms with E-state index in [1.165, 1.54) is 27.6 Å². The molecule has 1 unspecified atom stereocenters. The summed E-state index contributed by atoms with van der Waals surface area (Å²) in [4.78, 5) is 0. The molecule has 1 N–H and O–H groups in total. The topological polar surface area (TPSA) is 12.0 Å². The van der Waals surface area contributed by atoms with Crippen LogP contribution < -0.4 is 5.32 Å². The van der Waals surface area contributed by atoms with Crippen molar-refractivity contribution < 1.29 is 0 Å². The number of hydrogen-bond donors (Lipinski definition) is 1. The highest BCUT2D eigenvalue weighted by Crippen LogP contribution is 2.28. The van der Waals surface area contributed by atoms with Gasteiger partial charge in [-0.15, -0.1) is 0 Å². The van der Waals surface area contributed by atoms with Gasteiger partial charge in [-0.2, -0.15) is 0 Å². The summed E-state index contributed by atoms with van der Waals surface area (Å²) in [6.07, 6.45) is 2.42. The van der Waals surface area contributed by atoms with Gasteiger partial charge in [0.25, 0.3) is 0 Å². The molecule has 1 nitrogen and oxygen atoms in total. The van der Waals surface area contributed by atoms with Crippen LogP contribution in [0, 0.1) is 12.8 Å². The monoisotopic (exact) mass is 281 g/mol. The fourth-order valence-electron chi connectivity index (χ4n) is 2.54. The highest BCUT2D eigenvalue weighted by molar-refractivity contribution is 9.10. The van der Waals surface area contributed by atoms with Gasteiger partial charge in [-0.1, -0.05) is 35.8 Å². The van der Waals surface area contributed by atoms with Crippen molar-refractivity contribution in [3.05, 3.63) is 33.3 Å². The third kappa shape index (κ3) is 2.67. The minimum atomic E-state index is 0.645. The van der Waals surface area contributed by atoms with Gasteiger partial charge in [0, 0.05) is 17.1 Å². The summed E-state index contributed by atoms with van der Waals surface area (Å²) in [5.41, 5.74) is 4.32. The molecular formula is C14H20BrN. The number of nitrogens with one attached hydrogen (secondary N) is 1. The van der Waals surface area contributed by atoms with Crippen LogP contribution in [0.25, 0.3) is 0 Å². The van der Waals surface area contributed by atoms with E-state index in [2.05, 4.69) is 54.2 Å². The Labute approximate surface area is 107 Å². The molecule has 0 saturated heterocycles. The van der Waals surface area contributed by atoms with Crippen molar-refractivity contribution in [2.24, 2.45) is 5.92 Å². The number of rotatable bonds is 2. The molecular weight excluding hydrogens is 262 g/mol. The maximum absolute atomic E-state index is 3.70. The van der Waals surface area contributed by atoms with Crippen molar-refractivity contribution in [1.29, 1.82) is 0 Å². The average molecular weight is 282 g/mol. The van der Waals surface area contributed by atoms with Crippen LogP contribution in [0.4, 0.5) is 0 Å². The van der Waals surface area contributed by atoms with Crippen LogP contribution in [0.2, 0.25) is 0 Å². The highest BCUT2D eigenvalue weighted by Gasteiger charge is 2.20. The number of fused-ring (bicyclic) bond motifs is 1. The first-order valence-corrected chi connectivity index (χ1v) is 6.87. The number of aryl methyl sites for hydroxylation is 1. The van der Waals surface area contributed by atoms with Crippen LogP contribution in [0.15, 0.2) is 16.6 Å². The van der Waals surface area contributed by atoms with Crippen LogP contribution in [-0.2, 0) is 13.0 Å². The third-order valence-electron chi connectivity index (χ3n) is 3.22. The van der Waals surface area contributed by atoms with E-state index in [0.29, 0.717) is 6.04 Å². The zero-order chi connectivity index (χ0) is 11.7. The highest BCUT2D eigenvalue weighted by atomic mass is 79.9. The first-order chi connectivity index (χ1) is 7.56. The van der Waals surface area contributed by atoms with E-state index in [-0.39, 0.29) is 0 Å². The Balaban J connectivity index is 2.20. The lowest BCUT2D eigenvalue weighted by Crippen LogP contribution is -2.36. The lowest BCUT2D eigenvalue weighted by molar-refractivity contribution is 0.397. The summed E-state index contributed by atoms with van der Waals surface area (Å²) in [7, 11) is 0. The van der Waals surface area contributed by atoms with E-state index < -0.39 is 0 Å². The molecule has 0 bridgehead atoms. The van der Waals surface area contributed by atoms with E-state index in [4.69, 9.17) is 0 Å². The predicted octanol–water partition coefficient (Wildman–Crippen LogP) is 3.82. The molecule has 0 aromatic heterocycles. The lowest BCUT2D eigenvalue weighted by atomic mass is 9.90. The fourth-order valence-corrected chi connectivity index (χ4v) is 3.32. The minimum absolute atomic E-state index is 0.645. The van der Waals surface area contributed by atoms with Gasteiger partial charge in [0.2, 0.25) is 0 Å². The van der Waals surface area contributed by atoms with Crippen LogP contribution in [-0.4, -0.2) is 6.04 Å². The van der Waals surface area contributed by atoms with Gasteiger partial charge in [-0.3, -0.25) is 0 Å². The maximum Gasteiger partial charge on any atom is 0.0213 e. The Morgan fingerprint density at radius 3 is 2.88 bits per heavy atom. The lowest BCUT2D eigenvalue weighted by Gasteiger charge is -2.28. The molecule has 88 valence electrons. The summed E-state index contributed by atoms with van der Waals surface area (Å²) in [6.45, 7) is 7.76. The Hall–Kier alpha value is -0.340. The van der Waals surface area contributed by atoms with Crippen molar-refractivity contribution >= 4 is 15.9 Å². The smallest absolute Gasteiger partial charge is 0.0213 e. The zero-order valence-corrected chi connectivity index (χ0v) is 11.9. The summed E-state index contributed by atoms with van der Waals surface area (Å²) in [6, 6.07) is 5.18. The second-order valence-electron chi connectivity index (χ2n) is 5.30. The Morgan fingerprint density at radius 2 is 2.19 bits per heavy atom. The fraction of sp³-hybridized carbons (Fsp3) is 0.571. The van der Waals surface area contributed by atoms with Crippen molar-refractivity contribution in [2.45, 2.75) is 46.2 Å². The predicted molar refractivity (Wildman–Crippen MR) is 72.7 cm³/mol. The van der Waals surface area contributed by atoms with Gasteiger partial charge < -0.3 is 5.32 Å². The number of halogens is 1. The summed E-state index contributed by atoms with van der Waals surface area (Å²) in [5, 5.41) is 3.64. The van der Waals surface area contributed by atoms with Crippen LogP contribution >= 0.6 is 15.9 Å². The van der Waals surface area contributed by atoms with E-state index in [9.17, 15) is 0 Å². The first kappa shape index (κ1) is 12.1. The zero-order valence-electron chi connectivity index (χ0n) is 10.3. The first-order valence-electron chi connectivity index (χ1n) is 6.07. The van der Waals surface area contributed by atoms with Crippen LogP contribution in [0.1, 0.15) is 37.0 Å². The van der Waals surface area contributed by atoms with Crippen LogP contribution in [0.3, 0.4) is 0 Å². The largest absolute Gasteiger partial charge is 0.310 e. The second kappa shape index (κ2) is 4.89. The quantitative estimate of drug-likeness (QED) is 0.869. The van der Waals surface area contributed by atoms with Gasteiger partial charge in [0.1, 0.15) is 0 Å². The van der Waals surface area contributed by atoms with E-state index in [1.54, 1.807) is 0 Å². The molecule has 0 spiro atoms. The number of benzene rings is 1. The molecule has 1 heterocycles. The second-order valence-corrected chi connectivity index (χ2v) is 6.15. The molecule has 1 aromatic carbocycles. The molecule has 16 heavy (non-hydrogen) atoms. The SMILES string of the molecule is Cc1cc(Br)c2c(c1)CNC(CC(C)C)C2. The molecule has 0 radical (unpaired) electrons. The molecule has 2 rings (SSSR count). The molecule has 0 fully saturated rings. The van der Waals surface area contributed by atoms with Gasteiger partial charge in [-0.25, -0.2) is 0 Å². The van der Waals surface area contributed by atoms with Crippen LogP contribution in [0.5, 0.6) is 0 Å².